The summed E-state index contributed by atoms with van der Waals surface area (Å²) in [5.41, 5.74) is 0. The van der Waals surface area contributed by atoms with E-state index in [0.29, 0.717) is 24.6 Å². The number of likely N-dealkylation sites (tertiary alicyclic amines) is 1. The van der Waals surface area contributed by atoms with Gasteiger partial charge in [0.25, 0.3) is 0 Å². The minimum absolute atomic E-state index is 0.307. The zero-order chi connectivity index (χ0) is 20.6. The Morgan fingerprint density at radius 3 is 2.66 bits per heavy atom. The third kappa shape index (κ3) is 6.15. The van der Waals surface area contributed by atoms with Gasteiger partial charge in [0, 0.05) is 39.2 Å². The second-order valence-electron chi connectivity index (χ2n) is 8.65. The van der Waals surface area contributed by atoms with E-state index in [-0.39, 0.29) is 0 Å². The van der Waals surface area contributed by atoms with Crippen LogP contribution in [0, 0.1) is 5.92 Å². The van der Waals surface area contributed by atoms with Crippen LogP contribution in [0.2, 0.25) is 0 Å². The smallest absolute Gasteiger partial charge is 0.191 e. The average molecular weight is 406 g/mol. The Hall–Kier alpha value is -1.67. The third-order valence-corrected chi connectivity index (χ3v) is 6.10. The molecule has 2 aliphatic rings. The van der Waals surface area contributed by atoms with Gasteiger partial charge in [-0.3, -0.25) is 9.89 Å². The van der Waals surface area contributed by atoms with Crippen molar-refractivity contribution in [2.45, 2.75) is 77.6 Å². The van der Waals surface area contributed by atoms with Crippen molar-refractivity contribution in [2.24, 2.45) is 10.9 Å². The van der Waals surface area contributed by atoms with E-state index >= 15 is 0 Å². The molecule has 2 atom stereocenters. The van der Waals surface area contributed by atoms with Gasteiger partial charge in [0.15, 0.2) is 11.8 Å². The van der Waals surface area contributed by atoms with Gasteiger partial charge in [-0.1, -0.05) is 26.7 Å². The summed E-state index contributed by atoms with van der Waals surface area (Å²) >= 11 is 0. The average Bonchev–Trinajstić information content (AvgIpc) is 2.91. The van der Waals surface area contributed by atoms with Crippen LogP contribution in [0.25, 0.3) is 0 Å². The van der Waals surface area contributed by atoms with Gasteiger partial charge in [-0.25, -0.2) is 9.67 Å². The normalized spacial score (nSPS) is 22.2. The molecular weight excluding hydrogens is 366 g/mol. The number of aryl methyl sites for hydroxylation is 1. The second-order valence-corrected chi connectivity index (χ2v) is 8.65. The number of nitrogens with one attached hydrogen (secondary N) is 2. The second kappa shape index (κ2) is 10.9. The molecule has 0 aliphatic carbocycles. The number of nitrogens with zero attached hydrogens (tertiary/aromatic N) is 5. The number of aliphatic imine (C=N–C) groups is 1. The minimum atomic E-state index is 0.307. The predicted molar refractivity (Wildman–Crippen MR) is 116 cm³/mol. The molecule has 29 heavy (non-hydrogen) atoms. The van der Waals surface area contributed by atoms with Crippen molar-refractivity contribution in [3.63, 3.8) is 0 Å². The van der Waals surface area contributed by atoms with E-state index in [9.17, 15) is 0 Å². The summed E-state index contributed by atoms with van der Waals surface area (Å²) in [7, 11) is 3.53. The monoisotopic (exact) mass is 405 g/mol. The zero-order valence-corrected chi connectivity index (χ0v) is 18.7. The van der Waals surface area contributed by atoms with Gasteiger partial charge in [0.1, 0.15) is 12.4 Å². The molecule has 1 aromatic rings. The molecule has 8 nitrogen and oxygen atoms in total. The lowest BCUT2D eigenvalue weighted by Gasteiger charge is -2.34. The first kappa shape index (κ1) is 22.0. The van der Waals surface area contributed by atoms with Crippen LogP contribution in [-0.4, -0.2) is 71.5 Å². The minimum Gasteiger partial charge on any atom is -0.377 e. The van der Waals surface area contributed by atoms with Gasteiger partial charge < -0.3 is 15.4 Å². The van der Waals surface area contributed by atoms with Crippen LogP contribution in [0.5, 0.6) is 0 Å². The molecule has 3 rings (SSSR count). The van der Waals surface area contributed by atoms with E-state index in [0.717, 1.165) is 43.5 Å². The van der Waals surface area contributed by atoms with Crippen LogP contribution >= 0.6 is 0 Å². The number of aromatic nitrogens is 3. The van der Waals surface area contributed by atoms with Crippen molar-refractivity contribution >= 4 is 5.96 Å². The van der Waals surface area contributed by atoms with Crippen LogP contribution in [0.3, 0.4) is 0 Å². The maximum Gasteiger partial charge on any atom is 0.191 e. The van der Waals surface area contributed by atoms with Crippen molar-refractivity contribution in [1.82, 2.24) is 30.3 Å². The van der Waals surface area contributed by atoms with Gasteiger partial charge in [-0.15, -0.1) is 0 Å². The molecule has 0 radical (unpaired) electrons. The van der Waals surface area contributed by atoms with Crippen LogP contribution in [-0.2, 0) is 24.3 Å². The molecule has 0 amide bonds. The van der Waals surface area contributed by atoms with E-state index in [4.69, 9.17) is 4.74 Å². The fraction of sp³-hybridized carbons (Fsp3) is 0.857. The van der Waals surface area contributed by atoms with Gasteiger partial charge in [-0.05, 0) is 38.3 Å². The van der Waals surface area contributed by atoms with Gasteiger partial charge in [-0.2, -0.15) is 5.10 Å². The lowest BCUT2D eigenvalue weighted by atomic mass is 10.0. The standard InChI is InChI=1S/C21H39N7O/c1-16(2)18(27-11-7-5-6-8-12-27)13-23-21(22-3)24-17-9-10-20-25-19(15-29-4)26-28(20)14-17/h16-18H,5-15H2,1-4H3,(H2,22,23,24). The fourth-order valence-corrected chi connectivity index (χ4v) is 4.47. The van der Waals surface area contributed by atoms with E-state index < -0.39 is 0 Å². The number of methoxy groups -OCH3 is 1. The molecule has 1 aromatic heterocycles. The van der Waals surface area contributed by atoms with Gasteiger partial charge in [0.2, 0.25) is 0 Å². The first-order valence-corrected chi connectivity index (χ1v) is 11.2. The van der Waals surface area contributed by atoms with E-state index in [1.165, 1.54) is 38.8 Å². The largest absolute Gasteiger partial charge is 0.377 e. The van der Waals surface area contributed by atoms with E-state index in [1.54, 1.807) is 7.11 Å². The van der Waals surface area contributed by atoms with Crippen molar-refractivity contribution in [3.05, 3.63) is 11.6 Å². The van der Waals surface area contributed by atoms with Crippen molar-refractivity contribution < 1.29 is 4.74 Å². The van der Waals surface area contributed by atoms with Gasteiger partial charge in [0.05, 0.1) is 6.54 Å². The first-order chi connectivity index (χ1) is 14.1. The molecule has 0 saturated carbocycles. The Bertz CT molecular complexity index is 649. The van der Waals surface area contributed by atoms with Crippen molar-refractivity contribution in [2.75, 3.05) is 33.8 Å². The summed E-state index contributed by atoms with van der Waals surface area (Å²) in [5, 5.41) is 11.8. The lowest BCUT2D eigenvalue weighted by Crippen LogP contribution is -2.52. The molecule has 1 saturated heterocycles. The highest BCUT2D eigenvalue weighted by molar-refractivity contribution is 5.80. The highest BCUT2D eigenvalue weighted by atomic mass is 16.5. The number of hydrogen-bond donors (Lipinski definition) is 2. The lowest BCUT2D eigenvalue weighted by molar-refractivity contribution is 0.161. The van der Waals surface area contributed by atoms with E-state index in [2.05, 4.69) is 44.5 Å². The summed E-state index contributed by atoms with van der Waals surface area (Å²) in [6, 6.07) is 0.845. The number of guanidine groups is 1. The van der Waals surface area contributed by atoms with Crippen LogP contribution in [0.4, 0.5) is 0 Å². The van der Waals surface area contributed by atoms with Crippen LogP contribution in [0.1, 0.15) is 57.6 Å². The maximum atomic E-state index is 5.16. The molecule has 2 aliphatic heterocycles. The van der Waals surface area contributed by atoms with Crippen molar-refractivity contribution in [3.8, 4) is 0 Å². The number of fused-ring (bicyclic) bond motifs is 1. The molecule has 0 bridgehead atoms. The number of rotatable bonds is 7. The molecule has 8 heteroatoms. The molecule has 3 heterocycles. The summed E-state index contributed by atoms with van der Waals surface area (Å²) in [6.45, 7) is 9.31. The highest BCUT2D eigenvalue weighted by Crippen LogP contribution is 2.17. The summed E-state index contributed by atoms with van der Waals surface area (Å²) in [6.07, 6.45) is 7.35. The topological polar surface area (TPSA) is 79.6 Å². The molecule has 0 spiro atoms. The predicted octanol–water partition coefficient (Wildman–Crippen LogP) is 1.80. The van der Waals surface area contributed by atoms with E-state index in [1.807, 2.05) is 11.7 Å². The molecule has 2 unspecified atom stereocenters. The summed E-state index contributed by atoms with van der Waals surface area (Å²) in [5.74, 6) is 3.32. The zero-order valence-electron chi connectivity index (χ0n) is 18.7. The van der Waals surface area contributed by atoms with Gasteiger partial charge >= 0.3 is 0 Å². The Morgan fingerprint density at radius 1 is 1.24 bits per heavy atom. The SMILES string of the molecule is CN=C(NCC(C(C)C)N1CCCCCC1)NC1CCc2nc(COC)nn2C1. The maximum absolute atomic E-state index is 5.16. The Labute approximate surface area is 175 Å². The highest BCUT2D eigenvalue weighted by Gasteiger charge is 2.25. The molecule has 0 aromatic carbocycles. The molecular formula is C21H39N7O. The Kier molecular flexibility index (Phi) is 8.29. The Morgan fingerprint density at radius 2 is 2.00 bits per heavy atom. The summed E-state index contributed by atoms with van der Waals surface area (Å²) in [4.78, 5) is 11.7. The first-order valence-electron chi connectivity index (χ1n) is 11.2. The third-order valence-electron chi connectivity index (χ3n) is 6.10. The molecule has 2 N–H and O–H groups in total. The summed E-state index contributed by atoms with van der Waals surface area (Å²) < 4.78 is 7.17. The van der Waals surface area contributed by atoms with Crippen molar-refractivity contribution in [1.29, 1.82) is 0 Å². The Balaban J connectivity index is 1.53. The van der Waals surface area contributed by atoms with Crippen LogP contribution in [0.15, 0.2) is 4.99 Å². The number of hydrogen-bond acceptors (Lipinski definition) is 5. The fourth-order valence-electron chi connectivity index (χ4n) is 4.47. The molecule has 164 valence electrons. The van der Waals surface area contributed by atoms with Crippen LogP contribution < -0.4 is 10.6 Å². The molecule has 1 fully saturated rings. The quantitative estimate of drug-likeness (QED) is 0.532. The number of ether oxygens (including phenoxy) is 1.